The van der Waals surface area contributed by atoms with E-state index >= 15 is 0 Å². The minimum atomic E-state index is -0.240. The van der Waals surface area contributed by atoms with Crippen molar-refractivity contribution in [1.29, 1.82) is 0 Å². The first-order valence-electron chi connectivity index (χ1n) is 6.78. The normalized spacial score (nSPS) is 11.4. The van der Waals surface area contributed by atoms with Crippen molar-refractivity contribution in [2.45, 2.75) is 20.3 Å². The Labute approximate surface area is 128 Å². The molecule has 0 radical (unpaired) electrons. The van der Waals surface area contributed by atoms with Crippen LogP contribution in [0.15, 0.2) is 0 Å². The fourth-order valence-electron chi connectivity index (χ4n) is 1.62. The Morgan fingerprint density at radius 3 is 2.86 bits per heavy atom. The van der Waals surface area contributed by atoms with E-state index in [-0.39, 0.29) is 23.7 Å². The Kier molecular flexibility index (Phi) is 6.86. The fourth-order valence-corrected chi connectivity index (χ4v) is 2.45. The molecule has 1 aromatic rings. The van der Waals surface area contributed by atoms with Crippen molar-refractivity contribution in [3.05, 3.63) is 4.88 Å². The van der Waals surface area contributed by atoms with Gasteiger partial charge in [-0.1, -0.05) is 25.2 Å². The van der Waals surface area contributed by atoms with Crippen molar-refractivity contribution >= 4 is 28.2 Å². The van der Waals surface area contributed by atoms with Crippen LogP contribution in [0.5, 0.6) is 0 Å². The third-order valence-electron chi connectivity index (χ3n) is 2.96. The fraction of sp³-hybridized carbons (Fsp3) is 0.692. The van der Waals surface area contributed by atoms with Crippen LogP contribution in [0.1, 0.15) is 29.9 Å². The van der Waals surface area contributed by atoms with Crippen molar-refractivity contribution in [3.8, 4) is 0 Å². The van der Waals surface area contributed by atoms with Crippen molar-refractivity contribution < 1.29 is 14.6 Å². The van der Waals surface area contributed by atoms with E-state index in [1.165, 1.54) is 11.3 Å². The van der Waals surface area contributed by atoms with Gasteiger partial charge in [0.2, 0.25) is 0 Å². The lowest BCUT2D eigenvalue weighted by atomic mass is 9.90. The zero-order chi connectivity index (χ0) is 15.9. The van der Waals surface area contributed by atoms with Gasteiger partial charge in [-0.05, 0) is 11.8 Å². The number of hydrogen-bond donors (Lipinski definition) is 4. The molecule has 8 heteroatoms. The lowest BCUT2D eigenvalue weighted by molar-refractivity contribution is 0.0933. The molecule has 0 aromatic carbocycles. The van der Waals surface area contributed by atoms with Gasteiger partial charge in [0.05, 0.1) is 6.61 Å². The number of hydrogen-bond acceptors (Lipinski definition) is 7. The minimum absolute atomic E-state index is 0.0964. The summed E-state index contributed by atoms with van der Waals surface area (Å²) in [5.74, 6) is -0.0202. The van der Waals surface area contributed by atoms with Crippen molar-refractivity contribution in [2.75, 3.05) is 44.5 Å². The number of methoxy groups -OCH3 is 1. The monoisotopic (exact) mass is 316 g/mol. The van der Waals surface area contributed by atoms with Crippen LogP contribution in [0.2, 0.25) is 0 Å². The molecule has 1 aromatic heterocycles. The van der Waals surface area contributed by atoms with E-state index in [0.717, 1.165) is 0 Å². The molecule has 0 atom stereocenters. The van der Waals surface area contributed by atoms with Gasteiger partial charge in [0.25, 0.3) is 5.91 Å². The quantitative estimate of drug-likeness (QED) is 0.504. The van der Waals surface area contributed by atoms with Crippen LogP contribution >= 0.6 is 11.3 Å². The summed E-state index contributed by atoms with van der Waals surface area (Å²) in [6.07, 6.45) is 0.620. The number of carbonyl (C=O) groups excluding carboxylic acids is 1. The van der Waals surface area contributed by atoms with Gasteiger partial charge < -0.3 is 26.2 Å². The molecule has 0 aliphatic heterocycles. The maximum Gasteiger partial charge on any atom is 0.265 e. The van der Waals surface area contributed by atoms with Gasteiger partial charge in [-0.3, -0.25) is 4.79 Å². The van der Waals surface area contributed by atoms with Crippen LogP contribution in [0.4, 0.5) is 10.9 Å². The summed E-state index contributed by atoms with van der Waals surface area (Å²) in [6.45, 7) is 5.69. The third kappa shape index (κ3) is 5.86. The summed E-state index contributed by atoms with van der Waals surface area (Å²) in [6, 6.07) is 0. The number of nitrogen functional groups attached to an aromatic ring is 1. The van der Waals surface area contributed by atoms with Crippen LogP contribution in [0, 0.1) is 5.41 Å². The number of nitrogens with zero attached hydrogens (tertiary/aromatic N) is 1. The molecule has 5 N–H and O–H groups in total. The zero-order valence-corrected chi connectivity index (χ0v) is 13.5. The number of aliphatic hydroxyl groups is 1. The molecule has 0 aliphatic rings. The van der Waals surface area contributed by atoms with Crippen molar-refractivity contribution in [2.24, 2.45) is 5.41 Å². The van der Waals surface area contributed by atoms with E-state index in [9.17, 15) is 4.79 Å². The van der Waals surface area contributed by atoms with Gasteiger partial charge in [-0.15, -0.1) is 0 Å². The van der Waals surface area contributed by atoms with Crippen molar-refractivity contribution in [3.63, 3.8) is 0 Å². The Morgan fingerprint density at radius 1 is 1.52 bits per heavy atom. The van der Waals surface area contributed by atoms with E-state index in [0.29, 0.717) is 36.1 Å². The predicted octanol–water partition coefficient (Wildman–Crippen LogP) is 0.922. The highest BCUT2D eigenvalue weighted by atomic mass is 32.1. The van der Waals surface area contributed by atoms with Gasteiger partial charge in [-0.25, -0.2) is 4.98 Å². The van der Waals surface area contributed by atoms with Crippen molar-refractivity contribution in [1.82, 2.24) is 10.3 Å². The lowest BCUT2D eigenvalue weighted by Gasteiger charge is -2.23. The Balaban J connectivity index is 2.58. The summed E-state index contributed by atoms with van der Waals surface area (Å²) in [5, 5.41) is 15.5. The second-order valence-corrected chi connectivity index (χ2v) is 6.47. The first kappa shape index (κ1) is 17.7. The second-order valence-electron chi connectivity index (χ2n) is 5.47. The highest BCUT2D eigenvalue weighted by Gasteiger charge is 2.21. The molecule has 0 fully saturated rings. The van der Waals surface area contributed by atoms with Gasteiger partial charge in [0.1, 0.15) is 10.7 Å². The highest BCUT2D eigenvalue weighted by molar-refractivity contribution is 7.18. The third-order valence-corrected chi connectivity index (χ3v) is 3.99. The maximum atomic E-state index is 12.1. The average molecular weight is 316 g/mol. The van der Waals surface area contributed by atoms with E-state index in [2.05, 4.69) is 15.6 Å². The van der Waals surface area contributed by atoms with Gasteiger partial charge in [0.15, 0.2) is 5.13 Å². The van der Waals surface area contributed by atoms with Gasteiger partial charge >= 0.3 is 0 Å². The molecule has 0 saturated carbocycles. The Morgan fingerprint density at radius 2 is 2.24 bits per heavy atom. The molecule has 21 heavy (non-hydrogen) atoms. The number of anilines is 2. The summed E-state index contributed by atoms with van der Waals surface area (Å²) in [5.41, 5.74) is 5.61. The van der Waals surface area contributed by atoms with E-state index in [1.54, 1.807) is 7.11 Å². The molecule has 0 bridgehead atoms. The average Bonchev–Trinajstić information content (AvgIpc) is 2.78. The molecule has 0 aliphatic carbocycles. The summed E-state index contributed by atoms with van der Waals surface area (Å²) < 4.78 is 4.93. The summed E-state index contributed by atoms with van der Waals surface area (Å²) in [4.78, 5) is 16.6. The van der Waals surface area contributed by atoms with Gasteiger partial charge in [0, 0.05) is 26.8 Å². The molecule has 0 spiro atoms. The number of nitrogens with one attached hydrogen (secondary N) is 2. The lowest BCUT2D eigenvalue weighted by Crippen LogP contribution is -2.34. The molecule has 1 rings (SSSR count). The first-order chi connectivity index (χ1) is 9.89. The molecule has 1 amide bonds. The van der Waals surface area contributed by atoms with E-state index in [4.69, 9.17) is 15.6 Å². The SMILES string of the molecule is COCCNc1nc(N)c(C(=O)NCC(C)(C)CCO)s1. The number of rotatable bonds is 9. The van der Waals surface area contributed by atoms with Crippen LogP contribution in [0.25, 0.3) is 0 Å². The number of nitrogens with two attached hydrogens (primary N) is 1. The number of carbonyl (C=O) groups is 1. The largest absolute Gasteiger partial charge is 0.396 e. The number of aromatic nitrogens is 1. The molecule has 1 heterocycles. The minimum Gasteiger partial charge on any atom is -0.396 e. The summed E-state index contributed by atoms with van der Waals surface area (Å²) in [7, 11) is 1.62. The Hall–Kier alpha value is -1.38. The predicted molar refractivity (Wildman–Crippen MR) is 84.7 cm³/mol. The standard InChI is InChI=1S/C13H24N4O3S/c1-13(2,4-6-18)8-16-11(19)9-10(14)17-12(21-9)15-5-7-20-3/h18H,4-8,14H2,1-3H3,(H,15,17)(H,16,19). The highest BCUT2D eigenvalue weighted by Crippen LogP contribution is 2.25. The maximum absolute atomic E-state index is 12.1. The molecule has 120 valence electrons. The second kappa shape index (κ2) is 8.16. The smallest absolute Gasteiger partial charge is 0.265 e. The van der Waals surface area contributed by atoms with Crippen LogP contribution < -0.4 is 16.4 Å². The number of aliphatic hydroxyl groups excluding tert-OH is 1. The first-order valence-corrected chi connectivity index (χ1v) is 7.59. The molecular weight excluding hydrogens is 292 g/mol. The topological polar surface area (TPSA) is 110 Å². The number of ether oxygens (including phenoxy) is 1. The number of thiazole rings is 1. The van der Waals surface area contributed by atoms with E-state index in [1.807, 2.05) is 13.8 Å². The summed E-state index contributed by atoms with van der Waals surface area (Å²) >= 11 is 1.22. The van der Waals surface area contributed by atoms with Crippen LogP contribution in [-0.2, 0) is 4.74 Å². The molecule has 0 unspecified atom stereocenters. The zero-order valence-electron chi connectivity index (χ0n) is 12.7. The van der Waals surface area contributed by atoms with E-state index < -0.39 is 0 Å². The van der Waals surface area contributed by atoms with Crippen LogP contribution in [0.3, 0.4) is 0 Å². The van der Waals surface area contributed by atoms with Gasteiger partial charge in [-0.2, -0.15) is 0 Å². The number of amides is 1. The molecule has 7 nitrogen and oxygen atoms in total. The van der Waals surface area contributed by atoms with Crippen LogP contribution in [-0.4, -0.2) is 49.4 Å². The Bertz CT molecular complexity index is 462. The molecule has 0 saturated heterocycles. The molecular formula is C13H24N4O3S.